The Morgan fingerprint density at radius 1 is 1.00 bits per heavy atom. The van der Waals surface area contributed by atoms with E-state index in [1.165, 1.54) is 0 Å². The standard InChI is InChI=1S/C15H21NO2/c1-4-16(5-2)15(18)11-10-14(17)13-8-6-12(3)7-9-13/h6-9H,4-5,10-11H2,1-3H3. The molecule has 0 fully saturated rings. The molecule has 0 saturated heterocycles. The topological polar surface area (TPSA) is 37.4 Å². The average Bonchev–Trinajstić information content (AvgIpc) is 2.38. The quantitative estimate of drug-likeness (QED) is 0.725. The highest BCUT2D eigenvalue weighted by Gasteiger charge is 2.12. The lowest BCUT2D eigenvalue weighted by molar-refractivity contribution is -0.130. The number of ketones is 1. The van der Waals surface area contributed by atoms with Crippen LogP contribution >= 0.6 is 0 Å². The molecule has 0 spiro atoms. The van der Waals surface area contributed by atoms with Gasteiger partial charge in [-0.05, 0) is 20.8 Å². The van der Waals surface area contributed by atoms with E-state index in [2.05, 4.69) is 0 Å². The maximum Gasteiger partial charge on any atom is 0.223 e. The van der Waals surface area contributed by atoms with Crippen molar-refractivity contribution in [1.82, 2.24) is 4.90 Å². The summed E-state index contributed by atoms with van der Waals surface area (Å²) in [6.07, 6.45) is 0.590. The van der Waals surface area contributed by atoms with E-state index in [1.54, 1.807) is 4.90 Å². The van der Waals surface area contributed by atoms with Gasteiger partial charge in [0.25, 0.3) is 0 Å². The van der Waals surface area contributed by atoms with Gasteiger partial charge in [0, 0.05) is 31.5 Å². The lowest BCUT2D eigenvalue weighted by Gasteiger charge is -2.18. The van der Waals surface area contributed by atoms with Crippen molar-refractivity contribution in [2.24, 2.45) is 0 Å². The first-order valence-corrected chi connectivity index (χ1v) is 6.46. The third kappa shape index (κ3) is 3.99. The van der Waals surface area contributed by atoms with Gasteiger partial charge >= 0.3 is 0 Å². The molecule has 3 nitrogen and oxygen atoms in total. The molecule has 0 heterocycles. The van der Waals surface area contributed by atoms with Crippen LogP contribution in [-0.4, -0.2) is 29.7 Å². The normalized spacial score (nSPS) is 10.2. The fraction of sp³-hybridized carbons (Fsp3) is 0.467. The number of carbonyl (C=O) groups is 2. The molecule has 0 aliphatic carbocycles. The summed E-state index contributed by atoms with van der Waals surface area (Å²) >= 11 is 0. The van der Waals surface area contributed by atoms with Crippen molar-refractivity contribution >= 4 is 11.7 Å². The molecule has 1 rings (SSSR count). The van der Waals surface area contributed by atoms with Crippen molar-refractivity contribution in [2.75, 3.05) is 13.1 Å². The number of rotatable bonds is 6. The molecule has 98 valence electrons. The monoisotopic (exact) mass is 247 g/mol. The van der Waals surface area contributed by atoms with Gasteiger partial charge in [-0.1, -0.05) is 29.8 Å². The van der Waals surface area contributed by atoms with Crippen LogP contribution in [0.5, 0.6) is 0 Å². The molecule has 18 heavy (non-hydrogen) atoms. The molecule has 0 aliphatic heterocycles. The molecular formula is C15H21NO2. The molecule has 0 saturated carbocycles. The second kappa shape index (κ2) is 6.94. The second-order valence-electron chi connectivity index (χ2n) is 4.36. The van der Waals surface area contributed by atoms with Gasteiger partial charge in [-0.3, -0.25) is 9.59 Å². The highest BCUT2D eigenvalue weighted by Crippen LogP contribution is 2.08. The molecular weight excluding hydrogens is 226 g/mol. The van der Waals surface area contributed by atoms with Gasteiger partial charge in [-0.25, -0.2) is 0 Å². The van der Waals surface area contributed by atoms with Crippen LogP contribution in [0.3, 0.4) is 0 Å². The SMILES string of the molecule is CCN(CC)C(=O)CCC(=O)c1ccc(C)cc1. The third-order valence-electron chi connectivity index (χ3n) is 3.06. The number of hydrogen-bond acceptors (Lipinski definition) is 2. The molecule has 0 radical (unpaired) electrons. The van der Waals surface area contributed by atoms with Crippen LogP contribution in [-0.2, 0) is 4.79 Å². The minimum absolute atomic E-state index is 0.0375. The number of hydrogen-bond donors (Lipinski definition) is 0. The molecule has 0 atom stereocenters. The van der Waals surface area contributed by atoms with Crippen LogP contribution < -0.4 is 0 Å². The average molecular weight is 247 g/mol. The van der Waals surface area contributed by atoms with Crippen LogP contribution in [0.2, 0.25) is 0 Å². The Morgan fingerprint density at radius 3 is 2.06 bits per heavy atom. The van der Waals surface area contributed by atoms with E-state index < -0.39 is 0 Å². The third-order valence-corrected chi connectivity index (χ3v) is 3.06. The molecule has 3 heteroatoms. The summed E-state index contributed by atoms with van der Waals surface area (Å²) in [4.78, 5) is 25.4. The summed E-state index contributed by atoms with van der Waals surface area (Å²) in [5.74, 6) is 0.0935. The molecule has 1 amide bonds. The van der Waals surface area contributed by atoms with Crippen LogP contribution in [0.15, 0.2) is 24.3 Å². The van der Waals surface area contributed by atoms with Crippen LogP contribution in [0, 0.1) is 6.92 Å². The first-order valence-electron chi connectivity index (χ1n) is 6.46. The van der Waals surface area contributed by atoms with Crippen molar-refractivity contribution in [3.8, 4) is 0 Å². The van der Waals surface area contributed by atoms with Crippen LogP contribution in [0.25, 0.3) is 0 Å². The van der Waals surface area contributed by atoms with Crippen molar-refractivity contribution < 1.29 is 9.59 Å². The van der Waals surface area contributed by atoms with Gasteiger partial charge in [0.05, 0.1) is 0 Å². The van der Waals surface area contributed by atoms with E-state index in [9.17, 15) is 9.59 Å². The van der Waals surface area contributed by atoms with Gasteiger partial charge in [0.2, 0.25) is 5.91 Å². The number of amides is 1. The summed E-state index contributed by atoms with van der Waals surface area (Å²) in [7, 11) is 0. The molecule has 0 bridgehead atoms. The van der Waals surface area contributed by atoms with Gasteiger partial charge in [0.1, 0.15) is 0 Å². The Hall–Kier alpha value is -1.64. The summed E-state index contributed by atoms with van der Waals surface area (Å²) in [5, 5.41) is 0. The first kappa shape index (κ1) is 14.4. The number of Topliss-reactive ketones (excluding diaryl/α,β-unsaturated/α-hetero) is 1. The Labute approximate surface area is 109 Å². The van der Waals surface area contributed by atoms with Crippen molar-refractivity contribution in [3.05, 3.63) is 35.4 Å². The number of carbonyl (C=O) groups excluding carboxylic acids is 2. The van der Waals surface area contributed by atoms with Crippen molar-refractivity contribution in [2.45, 2.75) is 33.6 Å². The minimum atomic E-state index is 0.0375. The molecule has 1 aromatic carbocycles. The number of nitrogens with zero attached hydrogens (tertiary/aromatic N) is 1. The predicted octanol–water partition coefficient (Wildman–Crippen LogP) is 2.83. The van der Waals surface area contributed by atoms with E-state index in [4.69, 9.17) is 0 Å². The Kier molecular flexibility index (Phi) is 5.56. The van der Waals surface area contributed by atoms with E-state index in [1.807, 2.05) is 45.0 Å². The van der Waals surface area contributed by atoms with E-state index in [0.717, 1.165) is 5.56 Å². The predicted molar refractivity (Wildman–Crippen MR) is 72.7 cm³/mol. The zero-order valence-electron chi connectivity index (χ0n) is 11.4. The van der Waals surface area contributed by atoms with Crippen molar-refractivity contribution in [3.63, 3.8) is 0 Å². The highest BCUT2D eigenvalue weighted by molar-refractivity contribution is 5.97. The summed E-state index contributed by atoms with van der Waals surface area (Å²) in [6, 6.07) is 7.47. The van der Waals surface area contributed by atoms with Crippen molar-refractivity contribution in [1.29, 1.82) is 0 Å². The van der Waals surface area contributed by atoms with Crippen LogP contribution in [0.4, 0.5) is 0 Å². The number of aryl methyl sites for hydroxylation is 1. The Balaban J connectivity index is 2.51. The largest absolute Gasteiger partial charge is 0.343 e. The van der Waals surface area contributed by atoms with Gasteiger partial charge in [0.15, 0.2) is 5.78 Å². The molecule has 0 N–H and O–H groups in total. The minimum Gasteiger partial charge on any atom is -0.343 e. The van der Waals surface area contributed by atoms with Gasteiger partial charge in [-0.15, -0.1) is 0 Å². The second-order valence-corrected chi connectivity index (χ2v) is 4.36. The molecule has 0 aliphatic rings. The van der Waals surface area contributed by atoms with E-state index in [-0.39, 0.29) is 11.7 Å². The summed E-state index contributed by atoms with van der Waals surface area (Å²) < 4.78 is 0. The highest BCUT2D eigenvalue weighted by atomic mass is 16.2. The van der Waals surface area contributed by atoms with Gasteiger partial charge in [-0.2, -0.15) is 0 Å². The first-order chi connectivity index (χ1) is 8.58. The fourth-order valence-electron chi connectivity index (χ4n) is 1.84. The van der Waals surface area contributed by atoms with Crippen LogP contribution in [0.1, 0.15) is 42.6 Å². The zero-order chi connectivity index (χ0) is 13.5. The fourth-order valence-corrected chi connectivity index (χ4v) is 1.84. The molecule has 0 unspecified atom stereocenters. The maximum atomic E-state index is 11.9. The molecule has 1 aromatic rings. The smallest absolute Gasteiger partial charge is 0.223 e. The Bertz CT molecular complexity index is 405. The number of benzene rings is 1. The lowest BCUT2D eigenvalue weighted by atomic mass is 10.0. The van der Waals surface area contributed by atoms with Gasteiger partial charge < -0.3 is 4.90 Å². The van der Waals surface area contributed by atoms with E-state index >= 15 is 0 Å². The summed E-state index contributed by atoms with van der Waals surface area (Å²) in [6.45, 7) is 7.28. The maximum absolute atomic E-state index is 11.9. The Morgan fingerprint density at radius 2 is 1.56 bits per heavy atom. The summed E-state index contributed by atoms with van der Waals surface area (Å²) in [5.41, 5.74) is 1.82. The molecule has 0 aromatic heterocycles. The van der Waals surface area contributed by atoms with E-state index in [0.29, 0.717) is 31.5 Å². The zero-order valence-corrected chi connectivity index (χ0v) is 11.4. The lowest BCUT2D eigenvalue weighted by Crippen LogP contribution is -2.30.